The molecule has 0 bridgehead atoms. The summed E-state index contributed by atoms with van der Waals surface area (Å²) in [7, 11) is 0. The van der Waals surface area contributed by atoms with Gasteiger partial charge >= 0.3 is 6.18 Å². The van der Waals surface area contributed by atoms with E-state index in [0.717, 1.165) is 24.0 Å². The summed E-state index contributed by atoms with van der Waals surface area (Å²) in [6, 6.07) is 11.1. The van der Waals surface area contributed by atoms with E-state index in [4.69, 9.17) is 0 Å². The van der Waals surface area contributed by atoms with E-state index in [1.54, 1.807) is 0 Å². The van der Waals surface area contributed by atoms with Crippen LogP contribution in [0.5, 0.6) is 0 Å². The second-order valence-corrected chi connectivity index (χ2v) is 4.96. The standard InChI is InChI=1S/C15H13F3N2/c16-15(17,18)13-6-12-9-20(10-14(12)19-7-13)8-11-4-2-1-3-5-11/h1-7H,8-10H2. The number of nitrogens with zero attached hydrogens (tertiary/aromatic N) is 2. The highest BCUT2D eigenvalue weighted by Crippen LogP contribution is 2.32. The molecule has 0 saturated heterocycles. The maximum Gasteiger partial charge on any atom is 0.417 e. The largest absolute Gasteiger partial charge is 0.417 e. The fourth-order valence-electron chi connectivity index (χ4n) is 2.43. The Morgan fingerprint density at radius 1 is 1.10 bits per heavy atom. The third-order valence-corrected chi connectivity index (χ3v) is 3.40. The second kappa shape index (κ2) is 4.90. The van der Waals surface area contributed by atoms with Crippen molar-refractivity contribution in [2.45, 2.75) is 25.8 Å². The van der Waals surface area contributed by atoms with Gasteiger partial charge in [0.25, 0.3) is 0 Å². The zero-order chi connectivity index (χ0) is 14.2. The Kier molecular flexibility index (Phi) is 3.22. The molecular formula is C15H13F3N2. The monoisotopic (exact) mass is 278 g/mol. The van der Waals surface area contributed by atoms with Crippen LogP contribution in [0.3, 0.4) is 0 Å². The zero-order valence-electron chi connectivity index (χ0n) is 10.7. The highest BCUT2D eigenvalue weighted by atomic mass is 19.4. The maximum absolute atomic E-state index is 12.6. The summed E-state index contributed by atoms with van der Waals surface area (Å²) in [6.07, 6.45) is -3.40. The molecule has 0 saturated carbocycles. The minimum atomic E-state index is -4.32. The van der Waals surface area contributed by atoms with Crippen molar-refractivity contribution in [1.82, 2.24) is 9.88 Å². The van der Waals surface area contributed by atoms with Gasteiger partial charge in [-0.1, -0.05) is 30.3 Å². The fraction of sp³-hybridized carbons (Fsp3) is 0.267. The average molecular weight is 278 g/mol. The number of pyridine rings is 1. The molecule has 0 fully saturated rings. The van der Waals surface area contributed by atoms with Crippen LogP contribution in [0, 0.1) is 0 Å². The Hall–Kier alpha value is -1.88. The smallest absolute Gasteiger partial charge is 0.289 e. The van der Waals surface area contributed by atoms with Gasteiger partial charge in [-0.15, -0.1) is 0 Å². The Bertz CT molecular complexity index is 608. The van der Waals surface area contributed by atoms with Gasteiger partial charge in [0.15, 0.2) is 0 Å². The number of fused-ring (bicyclic) bond motifs is 1. The Morgan fingerprint density at radius 2 is 1.85 bits per heavy atom. The lowest BCUT2D eigenvalue weighted by molar-refractivity contribution is -0.137. The molecule has 104 valence electrons. The third-order valence-electron chi connectivity index (χ3n) is 3.40. The molecule has 5 heteroatoms. The number of alkyl halides is 3. The first kappa shape index (κ1) is 13.1. The molecule has 0 spiro atoms. The second-order valence-electron chi connectivity index (χ2n) is 4.96. The molecule has 0 unspecified atom stereocenters. The summed E-state index contributed by atoms with van der Waals surface area (Å²) in [5.74, 6) is 0. The Morgan fingerprint density at radius 3 is 2.55 bits per heavy atom. The van der Waals surface area contributed by atoms with E-state index in [-0.39, 0.29) is 0 Å². The van der Waals surface area contributed by atoms with Crippen LogP contribution in [-0.2, 0) is 25.8 Å². The maximum atomic E-state index is 12.6. The van der Waals surface area contributed by atoms with Crippen LogP contribution in [0.4, 0.5) is 13.2 Å². The lowest BCUT2D eigenvalue weighted by atomic mass is 10.1. The highest BCUT2D eigenvalue weighted by Gasteiger charge is 2.33. The number of benzene rings is 1. The van der Waals surface area contributed by atoms with E-state index in [1.807, 2.05) is 30.3 Å². The van der Waals surface area contributed by atoms with Crippen molar-refractivity contribution in [3.63, 3.8) is 0 Å². The van der Waals surface area contributed by atoms with Gasteiger partial charge in [-0.3, -0.25) is 9.88 Å². The lowest BCUT2D eigenvalue weighted by Gasteiger charge is -2.14. The van der Waals surface area contributed by atoms with E-state index < -0.39 is 11.7 Å². The van der Waals surface area contributed by atoms with Crippen LogP contribution >= 0.6 is 0 Å². The van der Waals surface area contributed by atoms with Crippen molar-refractivity contribution in [3.8, 4) is 0 Å². The molecule has 0 amide bonds. The number of hydrogen-bond acceptors (Lipinski definition) is 2. The number of halogens is 3. The van der Waals surface area contributed by atoms with Crippen LogP contribution in [0.25, 0.3) is 0 Å². The Labute approximate surface area is 114 Å². The fourth-order valence-corrected chi connectivity index (χ4v) is 2.43. The highest BCUT2D eigenvalue weighted by molar-refractivity contribution is 5.30. The van der Waals surface area contributed by atoms with E-state index in [0.29, 0.717) is 18.7 Å². The molecule has 2 heterocycles. The SMILES string of the molecule is FC(F)(F)c1cnc2c(c1)CN(Cc1ccccc1)C2. The molecule has 1 aromatic heterocycles. The van der Waals surface area contributed by atoms with Gasteiger partial charge in [-0.25, -0.2) is 0 Å². The van der Waals surface area contributed by atoms with Crippen molar-refractivity contribution in [1.29, 1.82) is 0 Å². The predicted molar refractivity (Wildman–Crippen MR) is 68.6 cm³/mol. The van der Waals surface area contributed by atoms with Gasteiger partial charge in [0.05, 0.1) is 11.3 Å². The van der Waals surface area contributed by atoms with Crippen LogP contribution in [0.15, 0.2) is 42.6 Å². The quantitative estimate of drug-likeness (QED) is 0.834. The van der Waals surface area contributed by atoms with Crippen LogP contribution < -0.4 is 0 Å². The first-order valence-electron chi connectivity index (χ1n) is 6.33. The number of aromatic nitrogens is 1. The van der Waals surface area contributed by atoms with E-state index >= 15 is 0 Å². The molecule has 2 aromatic rings. The number of hydrogen-bond donors (Lipinski definition) is 0. The van der Waals surface area contributed by atoms with Gasteiger partial charge in [0.1, 0.15) is 0 Å². The molecule has 0 aliphatic carbocycles. The van der Waals surface area contributed by atoms with Crippen LogP contribution in [-0.4, -0.2) is 9.88 Å². The Balaban J connectivity index is 1.76. The third kappa shape index (κ3) is 2.67. The first-order valence-corrected chi connectivity index (χ1v) is 6.33. The molecule has 1 aromatic carbocycles. The minimum Gasteiger partial charge on any atom is -0.289 e. The predicted octanol–water partition coefficient (Wildman–Crippen LogP) is 3.62. The molecule has 0 N–H and O–H groups in total. The van der Waals surface area contributed by atoms with Gasteiger partial charge < -0.3 is 0 Å². The zero-order valence-corrected chi connectivity index (χ0v) is 10.7. The summed E-state index contributed by atoms with van der Waals surface area (Å²) < 4.78 is 37.9. The molecule has 1 aliphatic rings. The summed E-state index contributed by atoms with van der Waals surface area (Å²) in [5.41, 5.74) is 1.90. The van der Waals surface area contributed by atoms with Crippen molar-refractivity contribution < 1.29 is 13.2 Å². The average Bonchev–Trinajstić information content (AvgIpc) is 2.80. The molecule has 1 aliphatic heterocycles. The van der Waals surface area contributed by atoms with Crippen LogP contribution in [0.1, 0.15) is 22.4 Å². The van der Waals surface area contributed by atoms with Crippen molar-refractivity contribution in [2.24, 2.45) is 0 Å². The molecule has 0 atom stereocenters. The summed E-state index contributed by atoms with van der Waals surface area (Å²) in [5, 5.41) is 0. The molecule has 0 radical (unpaired) electrons. The van der Waals surface area contributed by atoms with Gasteiger partial charge in [-0.05, 0) is 17.2 Å². The molecule has 20 heavy (non-hydrogen) atoms. The van der Waals surface area contributed by atoms with Crippen molar-refractivity contribution in [2.75, 3.05) is 0 Å². The van der Waals surface area contributed by atoms with E-state index in [1.165, 1.54) is 6.07 Å². The molecule has 3 rings (SSSR count). The van der Waals surface area contributed by atoms with Crippen molar-refractivity contribution in [3.05, 3.63) is 65.0 Å². The van der Waals surface area contributed by atoms with Crippen molar-refractivity contribution >= 4 is 0 Å². The van der Waals surface area contributed by atoms with Gasteiger partial charge in [-0.2, -0.15) is 13.2 Å². The van der Waals surface area contributed by atoms with Gasteiger partial charge in [0, 0.05) is 25.8 Å². The normalized spacial score (nSPS) is 15.3. The summed E-state index contributed by atoms with van der Waals surface area (Å²) in [6.45, 7) is 1.84. The minimum absolute atomic E-state index is 0.515. The van der Waals surface area contributed by atoms with Gasteiger partial charge in [0.2, 0.25) is 0 Å². The number of rotatable bonds is 2. The topological polar surface area (TPSA) is 16.1 Å². The summed E-state index contributed by atoms with van der Waals surface area (Å²) in [4.78, 5) is 6.05. The first-order chi connectivity index (χ1) is 9.52. The van der Waals surface area contributed by atoms with E-state index in [9.17, 15) is 13.2 Å². The molecule has 2 nitrogen and oxygen atoms in total. The lowest BCUT2D eigenvalue weighted by Crippen LogP contribution is -2.15. The summed E-state index contributed by atoms with van der Waals surface area (Å²) >= 11 is 0. The van der Waals surface area contributed by atoms with Crippen LogP contribution in [0.2, 0.25) is 0 Å². The molecular weight excluding hydrogens is 265 g/mol. The van der Waals surface area contributed by atoms with E-state index in [2.05, 4.69) is 9.88 Å².